The monoisotopic (exact) mass is 318 g/mol. The normalized spacial score (nSPS) is 28.5. The molecule has 5 heteroatoms. The summed E-state index contributed by atoms with van der Waals surface area (Å²) in [6, 6.07) is 5.11. The summed E-state index contributed by atoms with van der Waals surface area (Å²) < 4.78 is 0. The molecule has 2 aliphatic heterocycles. The molecule has 1 aromatic rings. The fourth-order valence-corrected chi connectivity index (χ4v) is 4.26. The summed E-state index contributed by atoms with van der Waals surface area (Å²) in [6.45, 7) is 4.41. The van der Waals surface area contributed by atoms with Crippen molar-refractivity contribution in [1.29, 1.82) is 0 Å². The first-order chi connectivity index (χ1) is 11.0. The molecule has 126 valence electrons. The fraction of sp³-hybridized carbons (Fsp3) is 0.611. The van der Waals surface area contributed by atoms with Crippen LogP contribution in [0.4, 0.5) is 0 Å². The molecule has 0 unspecified atom stereocenters. The number of carbonyl (C=O) groups excluding carboxylic acids is 1. The number of nitrogens with zero attached hydrogens (tertiary/aromatic N) is 2. The maximum absolute atomic E-state index is 12.9. The molecule has 3 rings (SSSR count). The lowest BCUT2D eigenvalue weighted by molar-refractivity contribution is -0.0601. The molecule has 23 heavy (non-hydrogen) atoms. The van der Waals surface area contributed by atoms with Crippen LogP contribution < -0.4 is 0 Å². The Morgan fingerprint density at radius 1 is 1.35 bits per heavy atom. The van der Waals surface area contributed by atoms with Crippen molar-refractivity contribution in [1.82, 2.24) is 9.80 Å². The molecule has 2 atom stereocenters. The number of amides is 1. The van der Waals surface area contributed by atoms with Crippen LogP contribution in [0.3, 0.4) is 0 Å². The number of hydrogen-bond acceptors (Lipinski definition) is 4. The van der Waals surface area contributed by atoms with Gasteiger partial charge in [-0.15, -0.1) is 0 Å². The average Bonchev–Trinajstić information content (AvgIpc) is 2.54. The van der Waals surface area contributed by atoms with Crippen molar-refractivity contribution in [3.05, 3.63) is 29.3 Å². The Bertz CT molecular complexity index is 604. The zero-order valence-corrected chi connectivity index (χ0v) is 14.0. The van der Waals surface area contributed by atoms with Crippen molar-refractivity contribution < 1.29 is 15.0 Å². The van der Waals surface area contributed by atoms with E-state index in [0.29, 0.717) is 18.7 Å². The van der Waals surface area contributed by atoms with Gasteiger partial charge >= 0.3 is 0 Å². The predicted molar refractivity (Wildman–Crippen MR) is 88.5 cm³/mol. The van der Waals surface area contributed by atoms with Gasteiger partial charge in [-0.3, -0.25) is 4.79 Å². The quantitative estimate of drug-likeness (QED) is 0.870. The highest BCUT2D eigenvalue weighted by Gasteiger charge is 2.47. The van der Waals surface area contributed by atoms with Crippen LogP contribution in [-0.4, -0.2) is 65.3 Å². The Morgan fingerprint density at radius 2 is 2.13 bits per heavy atom. The first-order valence-electron chi connectivity index (χ1n) is 8.37. The van der Waals surface area contributed by atoms with Crippen molar-refractivity contribution in [2.45, 2.75) is 32.2 Å². The molecule has 0 saturated carbocycles. The number of phenols is 1. The summed E-state index contributed by atoms with van der Waals surface area (Å²) in [7, 11) is 2.09. The minimum atomic E-state index is -0.0617. The van der Waals surface area contributed by atoms with Gasteiger partial charge in [0.25, 0.3) is 5.91 Å². The van der Waals surface area contributed by atoms with Crippen LogP contribution in [0.2, 0.25) is 0 Å². The molecule has 0 radical (unpaired) electrons. The Kier molecular flexibility index (Phi) is 4.34. The topological polar surface area (TPSA) is 64.0 Å². The van der Waals surface area contributed by atoms with E-state index in [1.54, 1.807) is 18.2 Å². The molecule has 2 saturated heterocycles. The van der Waals surface area contributed by atoms with Crippen LogP contribution in [-0.2, 0) is 0 Å². The SMILES string of the molecule is Cc1cc(O)ccc1C(=O)N1CC[C@@]2(CO)CCCN(C)[C@@H]2C1. The van der Waals surface area contributed by atoms with Crippen LogP contribution in [0.5, 0.6) is 5.75 Å². The van der Waals surface area contributed by atoms with Gasteiger partial charge in [-0.05, 0) is 63.5 Å². The van der Waals surface area contributed by atoms with E-state index in [4.69, 9.17) is 0 Å². The molecular formula is C18H26N2O3. The van der Waals surface area contributed by atoms with Gasteiger partial charge in [-0.25, -0.2) is 0 Å². The number of aliphatic hydroxyl groups is 1. The van der Waals surface area contributed by atoms with Gasteiger partial charge in [0, 0.05) is 30.1 Å². The van der Waals surface area contributed by atoms with Crippen molar-refractivity contribution in [2.75, 3.05) is 33.3 Å². The number of fused-ring (bicyclic) bond motifs is 1. The highest BCUT2D eigenvalue weighted by molar-refractivity contribution is 5.96. The summed E-state index contributed by atoms with van der Waals surface area (Å²) in [4.78, 5) is 17.1. The third-order valence-corrected chi connectivity index (χ3v) is 5.74. The summed E-state index contributed by atoms with van der Waals surface area (Å²) >= 11 is 0. The van der Waals surface area contributed by atoms with E-state index in [-0.39, 0.29) is 29.7 Å². The number of likely N-dealkylation sites (tertiary alicyclic amines) is 2. The van der Waals surface area contributed by atoms with E-state index < -0.39 is 0 Å². The number of rotatable bonds is 2. The number of carbonyl (C=O) groups is 1. The Hall–Kier alpha value is -1.59. The minimum Gasteiger partial charge on any atom is -0.508 e. The molecular weight excluding hydrogens is 292 g/mol. The lowest BCUT2D eigenvalue weighted by Crippen LogP contribution is -2.62. The largest absolute Gasteiger partial charge is 0.508 e. The summed E-state index contributed by atoms with van der Waals surface area (Å²) in [6.07, 6.45) is 3.00. The first kappa shape index (κ1) is 16.3. The molecule has 5 nitrogen and oxygen atoms in total. The van der Waals surface area contributed by atoms with Crippen molar-refractivity contribution in [3.63, 3.8) is 0 Å². The molecule has 2 heterocycles. The Morgan fingerprint density at radius 3 is 2.83 bits per heavy atom. The Balaban J connectivity index is 1.81. The summed E-state index contributed by atoms with van der Waals surface area (Å²) in [5, 5.41) is 19.5. The molecule has 2 fully saturated rings. The van der Waals surface area contributed by atoms with Gasteiger partial charge in [-0.1, -0.05) is 0 Å². The number of piperidine rings is 2. The number of aryl methyl sites for hydroxylation is 1. The summed E-state index contributed by atoms with van der Waals surface area (Å²) in [5.74, 6) is 0.206. The Labute approximate surface area is 137 Å². The van der Waals surface area contributed by atoms with Gasteiger partial charge in [0.05, 0.1) is 6.61 Å². The number of phenolic OH excluding ortho intramolecular Hbond substituents is 1. The van der Waals surface area contributed by atoms with Gasteiger partial charge in [0.15, 0.2) is 0 Å². The van der Waals surface area contributed by atoms with Gasteiger partial charge < -0.3 is 20.0 Å². The molecule has 0 aromatic heterocycles. The van der Waals surface area contributed by atoms with Crippen LogP contribution in [0.25, 0.3) is 0 Å². The lowest BCUT2D eigenvalue weighted by Gasteiger charge is -2.53. The predicted octanol–water partition coefficient (Wildman–Crippen LogP) is 1.62. The lowest BCUT2D eigenvalue weighted by atomic mass is 9.69. The number of aliphatic hydroxyl groups excluding tert-OH is 1. The molecule has 1 amide bonds. The van der Waals surface area contributed by atoms with Crippen LogP contribution in [0.15, 0.2) is 18.2 Å². The highest BCUT2D eigenvalue weighted by Crippen LogP contribution is 2.41. The third kappa shape index (κ3) is 2.83. The summed E-state index contributed by atoms with van der Waals surface area (Å²) in [5.41, 5.74) is 1.39. The first-order valence-corrected chi connectivity index (χ1v) is 8.37. The van der Waals surface area contributed by atoms with E-state index in [9.17, 15) is 15.0 Å². The molecule has 2 N–H and O–H groups in total. The standard InChI is InChI=1S/C18H26N2O3/c1-13-10-14(22)4-5-15(13)17(23)20-9-7-18(12-21)6-3-8-19(2)16(18)11-20/h4-5,10,16,21-22H,3,6-9,11-12H2,1-2H3/t16-,18-/m1/s1. The fourth-order valence-electron chi connectivity index (χ4n) is 4.26. The third-order valence-electron chi connectivity index (χ3n) is 5.74. The molecule has 0 bridgehead atoms. The minimum absolute atomic E-state index is 0.0213. The van der Waals surface area contributed by atoms with Gasteiger partial charge in [-0.2, -0.15) is 0 Å². The number of aromatic hydroxyl groups is 1. The number of hydrogen-bond donors (Lipinski definition) is 2. The van der Waals surface area contributed by atoms with Crippen LogP contribution >= 0.6 is 0 Å². The van der Waals surface area contributed by atoms with Crippen LogP contribution in [0, 0.1) is 12.3 Å². The maximum Gasteiger partial charge on any atom is 0.254 e. The van der Waals surface area contributed by atoms with Crippen LogP contribution in [0.1, 0.15) is 35.2 Å². The second-order valence-corrected chi connectivity index (χ2v) is 7.12. The van der Waals surface area contributed by atoms with E-state index in [1.807, 2.05) is 11.8 Å². The second kappa shape index (κ2) is 6.13. The van der Waals surface area contributed by atoms with E-state index in [0.717, 1.165) is 31.4 Å². The zero-order chi connectivity index (χ0) is 16.6. The van der Waals surface area contributed by atoms with Crippen molar-refractivity contribution in [3.8, 4) is 5.75 Å². The molecule has 2 aliphatic rings. The molecule has 1 aromatic carbocycles. The number of likely N-dealkylation sites (N-methyl/N-ethyl adjacent to an activating group) is 1. The highest BCUT2D eigenvalue weighted by atomic mass is 16.3. The van der Waals surface area contributed by atoms with E-state index >= 15 is 0 Å². The van der Waals surface area contributed by atoms with Crippen molar-refractivity contribution in [2.24, 2.45) is 5.41 Å². The number of benzene rings is 1. The van der Waals surface area contributed by atoms with E-state index in [2.05, 4.69) is 11.9 Å². The molecule has 0 aliphatic carbocycles. The van der Waals surface area contributed by atoms with Gasteiger partial charge in [0.1, 0.15) is 5.75 Å². The van der Waals surface area contributed by atoms with Gasteiger partial charge in [0.2, 0.25) is 0 Å². The smallest absolute Gasteiger partial charge is 0.254 e. The zero-order valence-electron chi connectivity index (χ0n) is 14.0. The second-order valence-electron chi connectivity index (χ2n) is 7.12. The van der Waals surface area contributed by atoms with Crippen molar-refractivity contribution >= 4 is 5.91 Å². The maximum atomic E-state index is 12.9. The van der Waals surface area contributed by atoms with E-state index in [1.165, 1.54) is 0 Å². The average molecular weight is 318 g/mol. The molecule has 0 spiro atoms.